The van der Waals surface area contributed by atoms with E-state index in [2.05, 4.69) is 10.0 Å². The summed E-state index contributed by atoms with van der Waals surface area (Å²) in [5.41, 5.74) is 0. The molecule has 2 bridgehead atoms. The van der Waals surface area contributed by atoms with Crippen LogP contribution in [0.3, 0.4) is 0 Å². The van der Waals surface area contributed by atoms with E-state index < -0.39 is 21.7 Å². The highest BCUT2D eigenvalue weighted by atomic mass is 32.2. The van der Waals surface area contributed by atoms with Crippen LogP contribution in [-0.4, -0.2) is 26.5 Å². The Bertz CT molecular complexity index is 609. The maximum absolute atomic E-state index is 13.1. The first kappa shape index (κ1) is 13.9. The molecule has 2 fully saturated rings. The van der Waals surface area contributed by atoms with Crippen molar-refractivity contribution in [2.45, 2.75) is 48.7 Å². The predicted molar refractivity (Wildman–Crippen MR) is 69.6 cm³/mol. The zero-order chi connectivity index (χ0) is 14.3. The van der Waals surface area contributed by atoms with Crippen molar-refractivity contribution in [2.75, 3.05) is 0 Å². The second kappa shape index (κ2) is 5.05. The average Bonchev–Trinajstić information content (AvgIpc) is 2.71. The number of benzene rings is 1. The van der Waals surface area contributed by atoms with Crippen molar-refractivity contribution >= 4 is 10.0 Å². The smallest absolute Gasteiger partial charge is 0.240 e. The van der Waals surface area contributed by atoms with Crippen LogP contribution in [0.15, 0.2) is 23.1 Å². The molecule has 1 aromatic carbocycles. The van der Waals surface area contributed by atoms with E-state index in [1.165, 1.54) is 0 Å². The van der Waals surface area contributed by atoms with E-state index in [0.717, 1.165) is 37.8 Å². The summed E-state index contributed by atoms with van der Waals surface area (Å²) in [5.74, 6) is -2.21. The molecule has 0 aromatic heterocycles. The van der Waals surface area contributed by atoms with E-state index in [1.807, 2.05) is 0 Å². The Morgan fingerprint density at radius 1 is 1.10 bits per heavy atom. The van der Waals surface area contributed by atoms with Crippen molar-refractivity contribution in [1.82, 2.24) is 10.0 Å². The molecule has 2 N–H and O–H groups in total. The van der Waals surface area contributed by atoms with Gasteiger partial charge in [-0.2, -0.15) is 0 Å². The maximum atomic E-state index is 13.1. The van der Waals surface area contributed by atoms with Crippen LogP contribution in [0.2, 0.25) is 0 Å². The number of fused-ring (bicyclic) bond motifs is 2. The normalized spacial score (nSPS) is 29.6. The van der Waals surface area contributed by atoms with Crippen LogP contribution in [0.25, 0.3) is 0 Å². The molecule has 2 aliphatic rings. The molecule has 110 valence electrons. The molecule has 0 radical (unpaired) electrons. The van der Waals surface area contributed by atoms with Crippen LogP contribution in [0, 0.1) is 11.6 Å². The molecular formula is C13H16F2N2O2S. The summed E-state index contributed by atoms with van der Waals surface area (Å²) in [6, 6.07) is 3.18. The minimum atomic E-state index is -3.80. The van der Waals surface area contributed by atoms with E-state index in [9.17, 15) is 17.2 Å². The third-order valence-electron chi connectivity index (χ3n) is 4.00. The van der Waals surface area contributed by atoms with E-state index in [1.54, 1.807) is 0 Å². The quantitative estimate of drug-likeness (QED) is 0.890. The number of halogens is 2. The Kier molecular flexibility index (Phi) is 3.51. The van der Waals surface area contributed by atoms with Crippen LogP contribution in [0.5, 0.6) is 0 Å². The largest absolute Gasteiger partial charge is 0.311 e. The molecule has 1 aromatic rings. The SMILES string of the molecule is O=S(=O)(NC1CC2CCC(C1)N2)c1ccc(F)c(F)c1. The zero-order valence-corrected chi connectivity index (χ0v) is 11.6. The molecule has 2 atom stereocenters. The Hall–Kier alpha value is -1.05. The summed E-state index contributed by atoms with van der Waals surface area (Å²) in [6.07, 6.45) is 3.60. The Morgan fingerprint density at radius 3 is 2.35 bits per heavy atom. The van der Waals surface area contributed by atoms with Crippen molar-refractivity contribution in [3.63, 3.8) is 0 Å². The summed E-state index contributed by atoms with van der Waals surface area (Å²) in [7, 11) is -3.80. The van der Waals surface area contributed by atoms with Crippen molar-refractivity contribution in [2.24, 2.45) is 0 Å². The van der Waals surface area contributed by atoms with Gasteiger partial charge in [0.15, 0.2) is 11.6 Å². The summed E-state index contributed by atoms with van der Waals surface area (Å²) >= 11 is 0. The lowest BCUT2D eigenvalue weighted by Gasteiger charge is -2.29. The Morgan fingerprint density at radius 2 is 1.75 bits per heavy atom. The summed E-state index contributed by atoms with van der Waals surface area (Å²) < 4.78 is 53.0. The lowest BCUT2D eigenvalue weighted by Crippen LogP contribution is -2.47. The van der Waals surface area contributed by atoms with Gasteiger partial charge in [0.25, 0.3) is 0 Å². The van der Waals surface area contributed by atoms with E-state index in [-0.39, 0.29) is 10.9 Å². The van der Waals surface area contributed by atoms with Crippen molar-refractivity contribution in [3.05, 3.63) is 29.8 Å². The number of rotatable bonds is 3. The van der Waals surface area contributed by atoms with Gasteiger partial charge in [-0.15, -0.1) is 0 Å². The number of piperidine rings is 1. The molecule has 2 heterocycles. The fourth-order valence-corrected chi connectivity index (χ4v) is 4.36. The maximum Gasteiger partial charge on any atom is 0.240 e. The molecule has 0 amide bonds. The highest BCUT2D eigenvalue weighted by Gasteiger charge is 2.35. The van der Waals surface area contributed by atoms with Gasteiger partial charge in [-0.3, -0.25) is 0 Å². The minimum Gasteiger partial charge on any atom is -0.311 e. The van der Waals surface area contributed by atoms with Crippen LogP contribution in [-0.2, 0) is 10.0 Å². The van der Waals surface area contributed by atoms with Gasteiger partial charge in [-0.25, -0.2) is 21.9 Å². The van der Waals surface area contributed by atoms with E-state index in [0.29, 0.717) is 18.2 Å². The highest BCUT2D eigenvalue weighted by Crippen LogP contribution is 2.27. The Balaban J connectivity index is 1.76. The molecule has 7 heteroatoms. The first-order valence-electron chi connectivity index (χ1n) is 6.67. The molecule has 0 aliphatic carbocycles. The molecular weight excluding hydrogens is 286 g/mol. The topological polar surface area (TPSA) is 58.2 Å². The lowest BCUT2D eigenvalue weighted by molar-refractivity contribution is 0.345. The van der Waals surface area contributed by atoms with Crippen molar-refractivity contribution in [1.29, 1.82) is 0 Å². The summed E-state index contributed by atoms with van der Waals surface area (Å²) in [6.45, 7) is 0. The molecule has 2 saturated heterocycles. The fraction of sp³-hybridized carbons (Fsp3) is 0.538. The molecule has 2 unspecified atom stereocenters. The number of hydrogen-bond donors (Lipinski definition) is 2. The van der Waals surface area contributed by atoms with Gasteiger partial charge in [0, 0.05) is 18.1 Å². The van der Waals surface area contributed by atoms with Crippen molar-refractivity contribution in [3.8, 4) is 0 Å². The molecule has 4 nitrogen and oxygen atoms in total. The van der Waals surface area contributed by atoms with E-state index in [4.69, 9.17) is 0 Å². The third kappa shape index (κ3) is 2.70. The van der Waals surface area contributed by atoms with Gasteiger partial charge in [-0.05, 0) is 43.9 Å². The number of sulfonamides is 1. The fourth-order valence-electron chi connectivity index (χ4n) is 3.08. The van der Waals surface area contributed by atoms with Gasteiger partial charge in [-0.1, -0.05) is 0 Å². The van der Waals surface area contributed by atoms with Gasteiger partial charge in [0.05, 0.1) is 4.90 Å². The van der Waals surface area contributed by atoms with Crippen LogP contribution in [0.1, 0.15) is 25.7 Å². The third-order valence-corrected chi connectivity index (χ3v) is 5.51. The predicted octanol–water partition coefficient (Wildman–Crippen LogP) is 1.53. The summed E-state index contributed by atoms with van der Waals surface area (Å²) in [5, 5.41) is 3.42. The molecule has 0 saturated carbocycles. The molecule has 0 spiro atoms. The van der Waals surface area contributed by atoms with Gasteiger partial charge >= 0.3 is 0 Å². The highest BCUT2D eigenvalue weighted by molar-refractivity contribution is 7.89. The molecule has 3 rings (SSSR count). The second-order valence-corrected chi connectivity index (χ2v) is 7.22. The Labute approximate surface area is 116 Å². The standard InChI is InChI=1S/C13H16F2N2O2S/c14-12-4-3-11(7-13(12)15)20(18,19)17-10-5-8-1-2-9(6-10)16-8/h3-4,7-10,16-17H,1-2,5-6H2. The van der Waals surface area contributed by atoms with E-state index >= 15 is 0 Å². The lowest BCUT2D eigenvalue weighted by atomic mass is 10.0. The average molecular weight is 302 g/mol. The van der Waals surface area contributed by atoms with Crippen LogP contribution < -0.4 is 10.0 Å². The molecule has 2 aliphatic heterocycles. The molecule has 20 heavy (non-hydrogen) atoms. The first-order valence-corrected chi connectivity index (χ1v) is 8.16. The number of nitrogens with one attached hydrogen (secondary N) is 2. The first-order chi connectivity index (χ1) is 9.44. The number of hydrogen-bond acceptors (Lipinski definition) is 3. The van der Waals surface area contributed by atoms with Crippen LogP contribution >= 0.6 is 0 Å². The minimum absolute atomic E-state index is 0.146. The monoisotopic (exact) mass is 302 g/mol. The zero-order valence-electron chi connectivity index (χ0n) is 10.8. The van der Waals surface area contributed by atoms with Crippen molar-refractivity contribution < 1.29 is 17.2 Å². The summed E-state index contributed by atoms with van der Waals surface area (Å²) in [4.78, 5) is -0.234. The second-order valence-electron chi connectivity index (χ2n) is 5.50. The van der Waals surface area contributed by atoms with Gasteiger partial charge in [0.1, 0.15) is 0 Å². The van der Waals surface area contributed by atoms with Gasteiger partial charge < -0.3 is 5.32 Å². The van der Waals surface area contributed by atoms with Gasteiger partial charge in [0.2, 0.25) is 10.0 Å². The van der Waals surface area contributed by atoms with Crippen LogP contribution in [0.4, 0.5) is 8.78 Å².